The molecule has 0 saturated heterocycles. The summed E-state index contributed by atoms with van der Waals surface area (Å²) in [5, 5.41) is 14.2. The summed E-state index contributed by atoms with van der Waals surface area (Å²) in [6.07, 6.45) is 0. The minimum absolute atomic E-state index is 0.628. The second kappa shape index (κ2) is 13.6. The SMILES string of the molecule is N#Cc1ccc(-c2cc(-c3cc(-c4ccccc4)nc(-c4ccccc4)c3)cc(-n3c4ccccc4c4ccc(-c5cccc6c5oc5ccccc56)cc43)c2)cc1. The van der Waals surface area contributed by atoms with E-state index in [4.69, 9.17) is 9.40 Å². The molecule has 0 fully saturated rings. The molecule has 0 aliphatic heterocycles. The molecule has 270 valence electrons. The van der Waals surface area contributed by atoms with Gasteiger partial charge in [0.1, 0.15) is 11.2 Å². The summed E-state index contributed by atoms with van der Waals surface area (Å²) < 4.78 is 8.91. The van der Waals surface area contributed by atoms with Crippen LogP contribution in [0, 0.1) is 11.3 Å². The maximum atomic E-state index is 9.64. The van der Waals surface area contributed by atoms with E-state index in [-0.39, 0.29) is 0 Å². The van der Waals surface area contributed by atoms with Crippen LogP contribution >= 0.6 is 0 Å². The first-order valence-electron chi connectivity index (χ1n) is 19.4. The summed E-state index contributed by atoms with van der Waals surface area (Å²) in [4.78, 5) is 5.18. The molecule has 0 aliphatic carbocycles. The van der Waals surface area contributed by atoms with Crippen molar-refractivity contribution >= 4 is 43.7 Å². The Bertz CT molecular complexity index is 3330. The van der Waals surface area contributed by atoms with E-state index in [1.165, 1.54) is 10.8 Å². The Labute approximate surface area is 335 Å². The zero-order chi connectivity index (χ0) is 38.6. The molecule has 3 aromatic heterocycles. The topological polar surface area (TPSA) is 54.8 Å². The number of rotatable bonds is 6. The van der Waals surface area contributed by atoms with Crippen molar-refractivity contribution in [1.82, 2.24) is 9.55 Å². The van der Waals surface area contributed by atoms with Crippen LogP contribution < -0.4 is 0 Å². The van der Waals surface area contributed by atoms with Crippen LogP contribution in [0.1, 0.15) is 5.56 Å². The van der Waals surface area contributed by atoms with Gasteiger partial charge < -0.3 is 8.98 Å². The summed E-state index contributed by atoms with van der Waals surface area (Å²) in [5.74, 6) is 0. The quantitative estimate of drug-likeness (QED) is 0.171. The molecule has 11 aromatic rings. The second-order valence-electron chi connectivity index (χ2n) is 14.7. The summed E-state index contributed by atoms with van der Waals surface area (Å²) in [5.41, 5.74) is 15.9. The molecule has 0 spiro atoms. The average Bonchev–Trinajstić information content (AvgIpc) is 3.85. The summed E-state index contributed by atoms with van der Waals surface area (Å²) >= 11 is 0. The molecule has 0 saturated carbocycles. The maximum Gasteiger partial charge on any atom is 0.143 e. The molecule has 4 heteroatoms. The van der Waals surface area contributed by atoms with Gasteiger partial charge in [-0.2, -0.15) is 5.26 Å². The standard InChI is InChI=1S/C54H33N3O/c55-34-35-22-24-36(25-23-35)40-28-41(42-31-49(37-12-3-1-4-13-37)56-50(32-42)38-14-5-2-6-15-38)30-43(29-40)57-51-20-9-7-16-45(51)46-27-26-39(33-52(46)57)44-18-11-19-48-47-17-8-10-21-53(47)58-54(44)48/h1-33H. The van der Waals surface area contributed by atoms with Gasteiger partial charge in [-0.25, -0.2) is 4.98 Å². The van der Waals surface area contributed by atoms with Crippen molar-refractivity contribution in [3.05, 3.63) is 206 Å². The van der Waals surface area contributed by atoms with Crippen LogP contribution in [0.5, 0.6) is 0 Å². The number of furan rings is 1. The van der Waals surface area contributed by atoms with E-state index in [0.29, 0.717) is 5.56 Å². The molecule has 11 rings (SSSR count). The number of nitrogens with zero attached hydrogens (tertiary/aromatic N) is 3. The first-order valence-corrected chi connectivity index (χ1v) is 19.4. The molecule has 0 atom stereocenters. The third-order valence-corrected chi connectivity index (χ3v) is 11.2. The van der Waals surface area contributed by atoms with E-state index in [1.807, 2.05) is 48.5 Å². The predicted octanol–water partition coefficient (Wildman–Crippen LogP) is 14.3. The zero-order valence-corrected chi connectivity index (χ0v) is 31.3. The molecular weight excluding hydrogens is 707 g/mol. The lowest BCUT2D eigenvalue weighted by molar-refractivity contribution is 0.670. The lowest BCUT2D eigenvalue weighted by atomic mass is 9.95. The molecule has 8 aromatic carbocycles. The number of fused-ring (bicyclic) bond motifs is 6. The Balaban J connectivity index is 1.17. The molecule has 0 amide bonds. The van der Waals surface area contributed by atoms with Gasteiger partial charge >= 0.3 is 0 Å². The molecule has 3 heterocycles. The Morgan fingerprint density at radius 2 is 1.00 bits per heavy atom. The highest BCUT2D eigenvalue weighted by Crippen LogP contribution is 2.41. The van der Waals surface area contributed by atoms with Crippen molar-refractivity contribution in [2.45, 2.75) is 0 Å². The van der Waals surface area contributed by atoms with Crippen molar-refractivity contribution in [2.24, 2.45) is 0 Å². The smallest absolute Gasteiger partial charge is 0.143 e. The Hall–Kier alpha value is -8.00. The van der Waals surface area contributed by atoms with Crippen LogP contribution in [0.2, 0.25) is 0 Å². The molecule has 58 heavy (non-hydrogen) atoms. The first-order chi connectivity index (χ1) is 28.7. The predicted molar refractivity (Wildman–Crippen MR) is 238 cm³/mol. The molecule has 0 N–H and O–H groups in total. The Morgan fingerprint density at radius 1 is 0.414 bits per heavy atom. The number of para-hydroxylation sites is 3. The van der Waals surface area contributed by atoms with E-state index in [1.54, 1.807) is 0 Å². The summed E-state index contributed by atoms with van der Waals surface area (Å²) in [6.45, 7) is 0. The number of pyridine rings is 1. The van der Waals surface area contributed by atoms with Gasteiger partial charge in [-0.3, -0.25) is 0 Å². The van der Waals surface area contributed by atoms with Crippen LogP contribution in [0.25, 0.3) is 105 Å². The number of benzene rings is 8. The third-order valence-electron chi connectivity index (χ3n) is 11.2. The van der Waals surface area contributed by atoms with Crippen LogP contribution in [-0.2, 0) is 0 Å². The lowest BCUT2D eigenvalue weighted by Crippen LogP contribution is -1.97. The number of hydrogen-bond acceptors (Lipinski definition) is 3. The Morgan fingerprint density at radius 3 is 1.72 bits per heavy atom. The summed E-state index contributed by atoms with van der Waals surface area (Å²) in [6, 6.07) is 72.1. The average molecular weight is 740 g/mol. The normalized spacial score (nSPS) is 11.4. The van der Waals surface area contributed by atoms with Crippen LogP contribution in [0.3, 0.4) is 0 Å². The molecule has 0 aliphatic rings. The highest BCUT2D eigenvalue weighted by Gasteiger charge is 2.18. The van der Waals surface area contributed by atoms with Gasteiger partial charge in [-0.1, -0.05) is 140 Å². The van der Waals surface area contributed by atoms with Crippen molar-refractivity contribution in [1.29, 1.82) is 5.26 Å². The number of hydrogen-bond donors (Lipinski definition) is 0. The van der Waals surface area contributed by atoms with Gasteiger partial charge in [-0.15, -0.1) is 0 Å². The zero-order valence-electron chi connectivity index (χ0n) is 31.3. The minimum Gasteiger partial charge on any atom is -0.455 e. The minimum atomic E-state index is 0.628. The highest BCUT2D eigenvalue weighted by atomic mass is 16.3. The second-order valence-corrected chi connectivity index (χ2v) is 14.7. The largest absolute Gasteiger partial charge is 0.455 e. The molecule has 0 bridgehead atoms. The highest BCUT2D eigenvalue weighted by molar-refractivity contribution is 6.13. The Kier molecular flexibility index (Phi) is 7.84. The fourth-order valence-electron chi connectivity index (χ4n) is 8.41. The van der Waals surface area contributed by atoms with Gasteiger partial charge in [0.2, 0.25) is 0 Å². The van der Waals surface area contributed by atoms with Crippen LogP contribution in [0.15, 0.2) is 205 Å². The first kappa shape index (κ1) is 33.3. The van der Waals surface area contributed by atoms with Crippen molar-refractivity contribution in [3.63, 3.8) is 0 Å². The van der Waals surface area contributed by atoms with E-state index in [0.717, 1.165) is 94.6 Å². The summed E-state index contributed by atoms with van der Waals surface area (Å²) in [7, 11) is 0. The lowest BCUT2D eigenvalue weighted by Gasteiger charge is -2.16. The molecule has 4 nitrogen and oxygen atoms in total. The van der Waals surface area contributed by atoms with Crippen LogP contribution in [0.4, 0.5) is 0 Å². The monoisotopic (exact) mass is 739 g/mol. The third kappa shape index (κ3) is 5.65. The van der Waals surface area contributed by atoms with Crippen molar-refractivity contribution in [2.75, 3.05) is 0 Å². The van der Waals surface area contributed by atoms with E-state index >= 15 is 0 Å². The maximum absolute atomic E-state index is 9.64. The fourth-order valence-corrected chi connectivity index (χ4v) is 8.41. The van der Waals surface area contributed by atoms with E-state index in [2.05, 4.69) is 162 Å². The number of aromatic nitrogens is 2. The van der Waals surface area contributed by atoms with Gasteiger partial charge in [0.05, 0.1) is 34.1 Å². The van der Waals surface area contributed by atoms with Gasteiger partial charge in [0.25, 0.3) is 0 Å². The van der Waals surface area contributed by atoms with Gasteiger partial charge in [0, 0.05) is 43.9 Å². The van der Waals surface area contributed by atoms with Gasteiger partial charge in [0.15, 0.2) is 0 Å². The van der Waals surface area contributed by atoms with Gasteiger partial charge in [-0.05, 0) is 88.5 Å². The van der Waals surface area contributed by atoms with Crippen LogP contribution in [-0.4, -0.2) is 9.55 Å². The molecule has 0 radical (unpaired) electrons. The van der Waals surface area contributed by atoms with Crippen molar-refractivity contribution in [3.8, 4) is 67.7 Å². The van der Waals surface area contributed by atoms with E-state index < -0.39 is 0 Å². The van der Waals surface area contributed by atoms with E-state index in [9.17, 15) is 5.26 Å². The molecular formula is C54H33N3O. The number of nitriles is 1. The molecule has 0 unspecified atom stereocenters. The van der Waals surface area contributed by atoms with Crippen molar-refractivity contribution < 1.29 is 4.42 Å². The fraction of sp³-hybridized carbons (Fsp3) is 0.